The number of halogens is 2. The van der Waals surface area contributed by atoms with Crippen molar-refractivity contribution >= 4 is 15.9 Å². The molecule has 0 saturated carbocycles. The van der Waals surface area contributed by atoms with Gasteiger partial charge >= 0.3 is 0 Å². The van der Waals surface area contributed by atoms with Gasteiger partial charge in [-0.05, 0) is 43.5 Å². The van der Waals surface area contributed by atoms with Crippen molar-refractivity contribution < 1.29 is 9.13 Å². The molecule has 1 aromatic rings. The fraction of sp³-hybridized carbons (Fsp3) is 0.455. The minimum absolute atomic E-state index is 0.266. The van der Waals surface area contributed by atoms with Crippen LogP contribution in [0.4, 0.5) is 4.39 Å². The number of aryl methyl sites for hydroxylation is 1. The molecule has 0 fully saturated rings. The fourth-order valence-electron chi connectivity index (χ4n) is 1.41. The number of methoxy groups -OCH3 is 1. The Kier molecular flexibility index (Phi) is 5.05. The van der Waals surface area contributed by atoms with Gasteiger partial charge in [0, 0.05) is 4.47 Å². The molecule has 0 unspecified atom stereocenters. The van der Waals surface area contributed by atoms with Crippen molar-refractivity contribution in [3.63, 3.8) is 0 Å². The van der Waals surface area contributed by atoms with Gasteiger partial charge in [-0.1, -0.05) is 15.9 Å². The molecule has 0 atom stereocenters. The van der Waals surface area contributed by atoms with Gasteiger partial charge in [0.25, 0.3) is 0 Å². The Bertz CT molecular complexity index is 331. The number of hydrogen-bond donors (Lipinski definition) is 1. The SMILES string of the molecule is COc1cc(Br)cc(CCCCN)c1F. The van der Waals surface area contributed by atoms with Gasteiger partial charge in [-0.2, -0.15) is 0 Å². The zero-order valence-electron chi connectivity index (χ0n) is 8.72. The van der Waals surface area contributed by atoms with Crippen molar-refractivity contribution in [3.05, 3.63) is 28.0 Å². The Morgan fingerprint density at radius 2 is 2.13 bits per heavy atom. The number of ether oxygens (including phenoxy) is 1. The predicted octanol–water partition coefficient (Wildman–Crippen LogP) is 2.88. The maximum atomic E-state index is 13.7. The van der Waals surface area contributed by atoms with E-state index in [1.807, 2.05) is 0 Å². The van der Waals surface area contributed by atoms with Crippen LogP contribution in [0, 0.1) is 5.82 Å². The molecule has 0 radical (unpaired) electrons. The molecular weight excluding hydrogens is 261 g/mol. The summed E-state index contributed by atoms with van der Waals surface area (Å²) in [7, 11) is 1.47. The first-order valence-corrected chi connectivity index (χ1v) is 5.70. The van der Waals surface area contributed by atoms with E-state index in [2.05, 4.69) is 15.9 Å². The summed E-state index contributed by atoms with van der Waals surface area (Å²) >= 11 is 3.33. The van der Waals surface area contributed by atoms with Crippen LogP contribution in [0.5, 0.6) is 5.75 Å². The molecule has 2 N–H and O–H groups in total. The van der Waals surface area contributed by atoms with Crippen LogP contribution in [0.1, 0.15) is 18.4 Å². The van der Waals surface area contributed by atoms with Crippen LogP contribution in [0.3, 0.4) is 0 Å². The maximum Gasteiger partial charge on any atom is 0.168 e. The number of rotatable bonds is 5. The van der Waals surface area contributed by atoms with Crippen molar-refractivity contribution in [2.45, 2.75) is 19.3 Å². The molecule has 0 spiro atoms. The Labute approximate surface area is 97.7 Å². The molecule has 4 heteroatoms. The van der Waals surface area contributed by atoms with Gasteiger partial charge in [-0.25, -0.2) is 4.39 Å². The van der Waals surface area contributed by atoms with Crippen molar-refractivity contribution in [3.8, 4) is 5.75 Å². The average molecular weight is 276 g/mol. The van der Waals surface area contributed by atoms with E-state index in [0.29, 0.717) is 18.5 Å². The van der Waals surface area contributed by atoms with Crippen molar-refractivity contribution in [2.75, 3.05) is 13.7 Å². The topological polar surface area (TPSA) is 35.2 Å². The summed E-state index contributed by atoms with van der Waals surface area (Å²) in [5, 5.41) is 0. The zero-order valence-corrected chi connectivity index (χ0v) is 10.3. The Hall–Kier alpha value is -0.610. The lowest BCUT2D eigenvalue weighted by Gasteiger charge is -2.08. The Morgan fingerprint density at radius 3 is 2.73 bits per heavy atom. The zero-order chi connectivity index (χ0) is 11.3. The first-order valence-electron chi connectivity index (χ1n) is 4.91. The largest absolute Gasteiger partial charge is 0.494 e. The van der Waals surface area contributed by atoms with Crippen molar-refractivity contribution in [2.24, 2.45) is 5.73 Å². The summed E-state index contributed by atoms with van der Waals surface area (Å²) in [4.78, 5) is 0. The quantitative estimate of drug-likeness (QED) is 0.839. The first kappa shape index (κ1) is 12.5. The second kappa shape index (κ2) is 6.08. The van der Waals surface area contributed by atoms with Crippen LogP contribution in [0.25, 0.3) is 0 Å². The Balaban J connectivity index is 2.81. The second-order valence-corrected chi connectivity index (χ2v) is 4.24. The molecule has 84 valence electrons. The molecule has 0 aliphatic carbocycles. The van der Waals surface area contributed by atoms with Gasteiger partial charge in [0.05, 0.1) is 7.11 Å². The standard InChI is InChI=1S/C11H15BrFNO/c1-15-10-7-9(12)6-8(11(10)13)4-2-3-5-14/h6-7H,2-5,14H2,1H3. The summed E-state index contributed by atoms with van der Waals surface area (Å²) in [6.07, 6.45) is 2.50. The number of hydrogen-bond acceptors (Lipinski definition) is 2. The highest BCUT2D eigenvalue weighted by atomic mass is 79.9. The smallest absolute Gasteiger partial charge is 0.168 e. The van der Waals surface area contributed by atoms with E-state index in [4.69, 9.17) is 10.5 Å². The van der Waals surface area contributed by atoms with Crippen LogP contribution in [-0.2, 0) is 6.42 Å². The molecule has 15 heavy (non-hydrogen) atoms. The van der Waals surface area contributed by atoms with Gasteiger partial charge in [-0.3, -0.25) is 0 Å². The number of nitrogens with two attached hydrogens (primary N) is 1. The van der Waals surface area contributed by atoms with Crippen LogP contribution in [0.2, 0.25) is 0 Å². The van der Waals surface area contributed by atoms with E-state index < -0.39 is 0 Å². The highest BCUT2D eigenvalue weighted by Crippen LogP contribution is 2.26. The summed E-state index contributed by atoms with van der Waals surface area (Å²) in [6.45, 7) is 0.646. The van der Waals surface area contributed by atoms with E-state index in [1.165, 1.54) is 7.11 Å². The summed E-state index contributed by atoms with van der Waals surface area (Å²) in [5.41, 5.74) is 6.06. The predicted molar refractivity (Wildman–Crippen MR) is 62.6 cm³/mol. The fourth-order valence-corrected chi connectivity index (χ4v) is 1.89. The third-order valence-corrected chi connectivity index (χ3v) is 2.66. The normalized spacial score (nSPS) is 10.4. The van der Waals surface area contributed by atoms with E-state index >= 15 is 0 Å². The maximum absolute atomic E-state index is 13.7. The van der Waals surface area contributed by atoms with Gasteiger partial charge in [0.2, 0.25) is 0 Å². The number of unbranched alkanes of at least 4 members (excludes halogenated alkanes) is 1. The minimum Gasteiger partial charge on any atom is -0.494 e. The molecule has 1 rings (SSSR count). The third kappa shape index (κ3) is 3.47. The molecule has 0 saturated heterocycles. The van der Waals surface area contributed by atoms with E-state index in [-0.39, 0.29) is 11.6 Å². The molecule has 0 bridgehead atoms. The molecule has 1 aromatic carbocycles. The lowest BCUT2D eigenvalue weighted by Crippen LogP contribution is -2.01. The first-order chi connectivity index (χ1) is 7.19. The van der Waals surface area contributed by atoms with Gasteiger partial charge in [0.1, 0.15) is 0 Å². The van der Waals surface area contributed by atoms with Crippen molar-refractivity contribution in [1.82, 2.24) is 0 Å². The molecule has 0 aliphatic rings. The average Bonchev–Trinajstić information content (AvgIpc) is 2.23. The summed E-state index contributed by atoms with van der Waals surface area (Å²) < 4.78 is 19.5. The molecule has 0 heterocycles. The highest BCUT2D eigenvalue weighted by molar-refractivity contribution is 9.10. The molecular formula is C11H15BrFNO. The van der Waals surface area contributed by atoms with E-state index in [1.54, 1.807) is 12.1 Å². The Morgan fingerprint density at radius 1 is 1.40 bits per heavy atom. The van der Waals surface area contributed by atoms with Crippen LogP contribution >= 0.6 is 15.9 Å². The van der Waals surface area contributed by atoms with Gasteiger partial charge < -0.3 is 10.5 Å². The number of benzene rings is 1. The monoisotopic (exact) mass is 275 g/mol. The van der Waals surface area contributed by atoms with Crippen LogP contribution in [-0.4, -0.2) is 13.7 Å². The molecule has 0 amide bonds. The van der Waals surface area contributed by atoms with Crippen molar-refractivity contribution in [1.29, 1.82) is 0 Å². The van der Waals surface area contributed by atoms with Gasteiger partial charge in [-0.15, -0.1) is 0 Å². The van der Waals surface area contributed by atoms with Crippen LogP contribution in [0.15, 0.2) is 16.6 Å². The van der Waals surface area contributed by atoms with Crippen LogP contribution < -0.4 is 10.5 Å². The molecule has 0 aromatic heterocycles. The summed E-state index contributed by atoms with van der Waals surface area (Å²) in [5.74, 6) is 0.0184. The molecule has 0 aliphatic heterocycles. The van der Waals surface area contributed by atoms with E-state index in [0.717, 1.165) is 17.3 Å². The van der Waals surface area contributed by atoms with Gasteiger partial charge in [0.15, 0.2) is 11.6 Å². The van der Waals surface area contributed by atoms with E-state index in [9.17, 15) is 4.39 Å². The lowest BCUT2D eigenvalue weighted by atomic mass is 10.1. The summed E-state index contributed by atoms with van der Waals surface area (Å²) in [6, 6.07) is 3.41. The highest BCUT2D eigenvalue weighted by Gasteiger charge is 2.09. The lowest BCUT2D eigenvalue weighted by molar-refractivity contribution is 0.383. The minimum atomic E-state index is -0.266. The molecule has 2 nitrogen and oxygen atoms in total. The third-order valence-electron chi connectivity index (χ3n) is 2.20. The second-order valence-electron chi connectivity index (χ2n) is 3.33.